The lowest BCUT2D eigenvalue weighted by Gasteiger charge is -2.56. The summed E-state index contributed by atoms with van der Waals surface area (Å²) in [5.74, 6) is 0.158. The van der Waals surface area contributed by atoms with E-state index >= 15 is 4.39 Å². The third-order valence-corrected chi connectivity index (χ3v) is 7.50. The van der Waals surface area contributed by atoms with E-state index < -0.39 is 23.5 Å². The van der Waals surface area contributed by atoms with Crippen LogP contribution in [0.15, 0.2) is 29.3 Å². The molecule has 4 atom stereocenters. The summed E-state index contributed by atoms with van der Waals surface area (Å²) in [6, 6.07) is 4.82. The summed E-state index contributed by atoms with van der Waals surface area (Å²) in [5, 5.41) is 22.8. The normalized spacial score (nSPS) is 29.2. The van der Waals surface area contributed by atoms with Crippen molar-refractivity contribution in [3.63, 3.8) is 0 Å². The molecular formula is C21H23FN6O3S. The SMILES string of the molecule is Cn1cnc(-c2ccc(-c3nnc(O[C@@H]4[C@@H](F)[C@@]5(C)CC[C@]4(C)CN5)s3)c(O)c2)nc1=O. The van der Waals surface area contributed by atoms with Gasteiger partial charge in [0, 0.05) is 24.6 Å². The van der Waals surface area contributed by atoms with Crippen molar-refractivity contribution in [3.05, 3.63) is 35.0 Å². The second-order valence-corrected chi connectivity index (χ2v) is 9.98. The highest BCUT2D eigenvalue weighted by atomic mass is 32.1. The molecular weight excluding hydrogens is 435 g/mol. The molecule has 2 N–H and O–H groups in total. The summed E-state index contributed by atoms with van der Waals surface area (Å²) in [7, 11) is 1.56. The molecule has 32 heavy (non-hydrogen) atoms. The van der Waals surface area contributed by atoms with Gasteiger partial charge in [0.1, 0.15) is 18.2 Å². The van der Waals surface area contributed by atoms with Gasteiger partial charge in [-0.25, -0.2) is 14.2 Å². The van der Waals surface area contributed by atoms with E-state index in [-0.39, 0.29) is 22.2 Å². The van der Waals surface area contributed by atoms with Gasteiger partial charge in [0.15, 0.2) is 17.0 Å². The summed E-state index contributed by atoms with van der Waals surface area (Å²) in [6.45, 7) is 4.61. The first kappa shape index (κ1) is 21.0. The molecule has 9 nitrogen and oxygen atoms in total. The van der Waals surface area contributed by atoms with Gasteiger partial charge in [0.05, 0.1) is 11.1 Å². The molecule has 2 bridgehead atoms. The highest BCUT2D eigenvalue weighted by Gasteiger charge is 2.58. The van der Waals surface area contributed by atoms with E-state index in [1.165, 1.54) is 17.0 Å². The maximum Gasteiger partial charge on any atom is 0.350 e. The van der Waals surface area contributed by atoms with Crippen LogP contribution in [-0.4, -0.2) is 54.2 Å². The molecule has 168 valence electrons. The Hall–Kier alpha value is -2.92. The van der Waals surface area contributed by atoms with Gasteiger partial charge >= 0.3 is 5.69 Å². The molecule has 3 aliphatic rings. The highest BCUT2D eigenvalue weighted by Crippen LogP contribution is 2.48. The zero-order valence-corrected chi connectivity index (χ0v) is 18.7. The monoisotopic (exact) mass is 458 g/mol. The Kier molecular flexibility index (Phi) is 4.79. The van der Waals surface area contributed by atoms with Crippen molar-refractivity contribution in [3.8, 4) is 32.9 Å². The molecule has 2 aliphatic heterocycles. The van der Waals surface area contributed by atoms with Crippen LogP contribution >= 0.6 is 11.3 Å². The maximum atomic E-state index is 15.2. The minimum atomic E-state index is -1.16. The van der Waals surface area contributed by atoms with Gasteiger partial charge in [-0.3, -0.25) is 4.57 Å². The molecule has 1 saturated carbocycles. The number of aromatic hydroxyl groups is 1. The van der Waals surface area contributed by atoms with Crippen LogP contribution in [0.4, 0.5) is 4.39 Å². The Morgan fingerprint density at radius 1 is 1.31 bits per heavy atom. The fourth-order valence-corrected chi connectivity index (χ4v) is 5.11. The Balaban J connectivity index is 1.39. The molecule has 3 fully saturated rings. The molecule has 1 aliphatic carbocycles. The third-order valence-electron chi connectivity index (χ3n) is 6.65. The number of ether oxygens (including phenoxy) is 1. The smallest absolute Gasteiger partial charge is 0.350 e. The van der Waals surface area contributed by atoms with Crippen LogP contribution in [0.1, 0.15) is 26.7 Å². The van der Waals surface area contributed by atoms with Gasteiger partial charge in [-0.15, -0.1) is 5.10 Å². The third kappa shape index (κ3) is 3.36. The van der Waals surface area contributed by atoms with Gasteiger partial charge < -0.3 is 15.2 Å². The van der Waals surface area contributed by atoms with Crippen LogP contribution in [0.5, 0.6) is 10.9 Å². The van der Waals surface area contributed by atoms with Gasteiger partial charge in [-0.2, -0.15) is 4.98 Å². The second-order valence-electron chi connectivity index (χ2n) is 9.04. The number of benzene rings is 1. The van der Waals surface area contributed by atoms with E-state index in [0.29, 0.717) is 22.7 Å². The van der Waals surface area contributed by atoms with Crippen LogP contribution in [0, 0.1) is 5.41 Å². The number of hydrogen-bond donors (Lipinski definition) is 2. The number of halogens is 1. The number of nitrogens with zero attached hydrogens (tertiary/aromatic N) is 5. The molecule has 0 spiro atoms. The summed E-state index contributed by atoms with van der Waals surface area (Å²) in [5.41, 5.74) is -0.405. The summed E-state index contributed by atoms with van der Waals surface area (Å²) in [6.07, 6.45) is 1.24. The van der Waals surface area contributed by atoms with E-state index in [4.69, 9.17) is 4.74 Å². The minimum absolute atomic E-state index is 0.0572. The predicted molar refractivity (Wildman–Crippen MR) is 116 cm³/mol. The van der Waals surface area contributed by atoms with E-state index in [1.54, 1.807) is 19.2 Å². The number of nitrogens with one attached hydrogen (secondary N) is 1. The lowest BCUT2D eigenvalue weighted by molar-refractivity contribution is -0.118. The summed E-state index contributed by atoms with van der Waals surface area (Å²) in [4.78, 5) is 19.8. The second kappa shape index (κ2) is 7.31. The summed E-state index contributed by atoms with van der Waals surface area (Å²) < 4.78 is 22.5. The average molecular weight is 459 g/mol. The number of piperidine rings is 2. The Bertz CT molecular complexity index is 1240. The predicted octanol–water partition coefficient (Wildman–Crippen LogP) is 2.31. The first-order chi connectivity index (χ1) is 15.2. The van der Waals surface area contributed by atoms with Crippen molar-refractivity contribution >= 4 is 11.3 Å². The standard InChI is InChI=1S/C21H23FN6O3S/c1-20-6-7-21(2,24-9-20)14(22)15(20)31-19-27-26-17(32-19)12-5-4-11(8-13(12)29)16-23-10-28(3)18(30)25-16/h4-5,8,10,14-15,24,29H,6-7,9H2,1-3H3/t14-,15-,20-,21-/m1/s1. The molecule has 11 heteroatoms. The van der Waals surface area contributed by atoms with Crippen molar-refractivity contribution in [2.75, 3.05) is 6.54 Å². The van der Waals surface area contributed by atoms with Crippen LogP contribution in [-0.2, 0) is 7.05 Å². The fourth-order valence-electron chi connectivity index (χ4n) is 4.35. The highest BCUT2D eigenvalue weighted by molar-refractivity contribution is 7.16. The molecule has 4 heterocycles. The zero-order chi connectivity index (χ0) is 22.7. The molecule has 0 unspecified atom stereocenters. The Labute approximate surface area is 187 Å². The van der Waals surface area contributed by atoms with E-state index in [1.807, 2.05) is 13.8 Å². The lowest BCUT2D eigenvalue weighted by atomic mass is 9.61. The maximum absolute atomic E-state index is 15.2. The van der Waals surface area contributed by atoms with Gasteiger partial charge in [0.25, 0.3) is 5.19 Å². The fraction of sp³-hybridized carbons (Fsp3) is 0.476. The van der Waals surface area contributed by atoms with Gasteiger partial charge in [-0.1, -0.05) is 29.4 Å². The summed E-state index contributed by atoms with van der Waals surface area (Å²) >= 11 is 1.15. The van der Waals surface area contributed by atoms with Gasteiger partial charge in [-0.05, 0) is 31.9 Å². The topological polar surface area (TPSA) is 115 Å². The number of aromatic nitrogens is 5. The zero-order valence-electron chi connectivity index (χ0n) is 17.9. The van der Waals surface area contributed by atoms with E-state index in [2.05, 4.69) is 25.5 Å². The van der Waals surface area contributed by atoms with Crippen LogP contribution in [0.25, 0.3) is 22.0 Å². The molecule has 2 saturated heterocycles. The first-order valence-electron chi connectivity index (χ1n) is 10.3. The van der Waals surface area contributed by atoms with Gasteiger partial charge in [0.2, 0.25) is 0 Å². The number of alkyl halides is 1. The van der Waals surface area contributed by atoms with Crippen molar-refractivity contribution in [2.24, 2.45) is 12.5 Å². The quantitative estimate of drug-likeness (QED) is 0.612. The minimum Gasteiger partial charge on any atom is -0.507 e. The van der Waals surface area contributed by atoms with Crippen LogP contribution < -0.4 is 15.7 Å². The largest absolute Gasteiger partial charge is 0.507 e. The number of fused-ring (bicyclic) bond motifs is 3. The molecule has 6 rings (SSSR count). The van der Waals surface area contributed by atoms with Crippen LogP contribution in [0.3, 0.4) is 0 Å². The Morgan fingerprint density at radius 3 is 2.81 bits per heavy atom. The van der Waals surface area contributed by atoms with Crippen molar-refractivity contribution in [1.29, 1.82) is 0 Å². The van der Waals surface area contributed by atoms with E-state index in [9.17, 15) is 9.90 Å². The molecule has 1 aromatic carbocycles. The van der Waals surface area contributed by atoms with E-state index in [0.717, 1.165) is 24.2 Å². The molecule has 2 aromatic heterocycles. The molecule has 3 aromatic rings. The number of aryl methyl sites for hydroxylation is 1. The van der Waals surface area contributed by atoms with Crippen molar-refractivity contribution in [1.82, 2.24) is 30.0 Å². The molecule has 0 amide bonds. The first-order valence-corrected chi connectivity index (χ1v) is 11.1. The van der Waals surface area contributed by atoms with Crippen molar-refractivity contribution in [2.45, 2.75) is 44.5 Å². The van der Waals surface area contributed by atoms with Crippen molar-refractivity contribution < 1.29 is 14.2 Å². The Morgan fingerprint density at radius 2 is 2.12 bits per heavy atom. The number of phenolic OH excluding ortho intramolecular Hbond substituents is 1. The number of rotatable bonds is 4. The number of hydrogen-bond acceptors (Lipinski definition) is 9. The molecule has 0 radical (unpaired) electrons. The number of phenols is 1. The lowest BCUT2D eigenvalue weighted by Crippen LogP contribution is -2.72. The van der Waals surface area contributed by atoms with Crippen LogP contribution in [0.2, 0.25) is 0 Å². The average Bonchev–Trinajstić information content (AvgIpc) is 3.23.